The van der Waals surface area contributed by atoms with Crippen LogP contribution in [0.15, 0.2) is 24.5 Å². The SMILES string of the molecule is C=C[P@]1(=S)O[C@]2(C)CC[C@H](C(=C)C)C[C@H]2S1. The van der Waals surface area contributed by atoms with Crippen LogP contribution < -0.4 is 0 Å². The molecule has 0 unspecified atom stereocenters. The quantitative estimate of drug-likeness (QED) is 0.533. The van der Waals surface area contributed by atoms with Gasteiger partial charge in [0.2, 0.25) is 0 Å². The molecule has 16 heavy (non-hydrogen) atoms. The normalized spacial score (nSPS) is 47.4. The van der Waals surface area contributed by atoms with Crippen molar-refractivity contribution in [2.75, 3.05) is 0 Å². The van der Waals surface area contributed by atoms with Gasteiger partial charge in [0.25, 0.3) is 0 Å². The molecule has 0 bridgehead atoms. The highest BCUT2D eigenvalue weighted by Crippen LogP contribution is 2.74. The lowest BCUT2D eigenvalue weighted by atomic mass is 9.77. The summed E-state index contributed by atoms with van der Waals surface area (Å²) in [4.78, 5) is 0. The average Bonchev–Trinajstić information content (AvgIpc) is 2.48. The van der Waals surface area contributed by atoms with E-state index in [0.29, 0.717) is 11.2 Å². The molecule has 0 radical (unpaired) electrons. The van der Waals surface area contributed by atoms with E-state index in [1.54, 1.807) is 0 Å². The second-order valence-corrected chi connectivity index (χ2v) is 12.0. The molecule has 4 heteroatoms. The molecule has 1 aliphatic heterocycles. The van der Waals surface area contributed by atoms with Crippen molar-refractivity contribution in [3.63, 3.8) is 0 Å². The third-order valence-electron chi connectivity index (χ3n) is 3.70. The molecule has 90 valence electrons. The summed E-state index contributed by atoms with van der Waals surface area (Å²) in [7, 11) is 0. The zero-order valence-corrected chi connectivity index (χ0v) is 12.5. The van der Waals surface area contributed by atoms with E-state index in [1.165, 1.54) is 18.4 Å². The van der Waals surface area contributed by atoms with Crippen LogP contribution in [0.5, 0.6) is 0 Å². The topological polar surface area (TPSA) is 9.23 Å². The Balaban J connectivity index is 2.19. The van der Waals surface area contributed by atoms with Crippen molar-refractivity contribution in [3.8, 4) is 0 Å². The summed E-state index contributed by atoms with van der Waals surface area (Å²) in [5, 5.41) is 0.534. The Morgan fingerprint density at radius 2 is 2.38 bits per heavy atom. The van der Waals surface area contributed by atoms with Crippen molar-refractivity contribution in [1.82, 2.24) is 0 Å². The second kappa shape index (κ2) is 4.28. The minimum Gasteiger partial charge on any atom is -0.331 e. The van der Waals surface area contributed by atoms with Gasteiger partial charge in [0.05, 0.1) is 5.60 Å². The monoisotopic (exact) mass is 274 g/mol. The van der Waals surface area contributed by atoms with Crippen LogP contribution in [0.25, 0.3) is 0 Å². The summed E-state index contributed by atoms with van der Waals surface area (Å²) >= 11 is 7.43. The van der Waals surface area contributed by atoms with Gasteiger partial charge in [-0.1, -0.05) is 41.9 Å². The molecule has 1 heterocycles. The van der Waals surface area contributed by atoms with Crippen LogP contribution in [0.4, 0.5) is 0 Å². The van der Waals surface area contributed by atoms with Crippen LogP contribution >= 0.6 is 16.8 Å². The second-order valence-electron chi connectivity index (χ2n) is 5.04. The summed E-state index contributed by atoms with van der Waals surface area (Å²) < 4.78 is 6.16. The van der Waals surface area contributed by atoms with E-state index in [-0.39, 0.29) is 5.60 Å². The first kappa shape index (κ1) is 12.9. The van der Waals surface area contributed by atoms with Crippen LogP contribution in [0.2, 0.25) is 0 Å². The maximum Gasteiger partial charge on any atom is 0.141 e. The van der Waals surface area contributed by atoms with E-state index in [4.69, 9.17) is 16.3 Å². The van der Waals surface area contributed by atoms with Gasteiger partial charge in [-0.05, 0) is 44.8 Å². The molecule has 0 aromatic carbocycles. The van der Waals surface area contributed by atoms with E-state index >= 15 is 0 Å². The highest BCUT2D eigenvalue weighted by Gasteiger charge is 2.51. The van der Waals surface area contributed by atoms with Crippen LogP contribution in [-0.2, 0) is 16.3 Å². The summed E-state index contributed by atoms with van der Waals surface area (Å²) in [5.74, 6) is 2.52. The van der Waals surface area contributed by atoms with E-state index in [1.807, 2.05) is 17.2 Å². The lowest BCUT2D eigenvalue weighted by Crippen LogP contribution is -2.40. The molecule has 0 N–H and O–H groups in total. The smallest absolute Gasteiger partial charge is 0.141 e. The lowest BCUT2D eigenvalue weighted by Gasteiger charge is -2.37. The lowest BCUT2D eigenvalue weighted by molar-refractivity contribution is 0.0683. The molecule has 4 atom stereocenters. The van der Waals surface area contributed by atoms with Crippen LogP contribution in [0.3, 0.4) is 0 Å². The van der Waals surface area contributed by atoms with Gasteiger partial charge in [0.1, 0.15) is 5.47 Å². The molecule has 0 amide bonds. The summed E-state index contributed by atoms with van der Waals surface area (Å²) in [5.41, 5.74) is -0.501. The van der Waals surface area contributed by atoms with E-state index in [9.17, 15) is 0 Å². The predicted molar refractivity (Wildman–Crippen MR) is 77.5 cm³/mol. The van der Waals surface area contributed by atoms with Gasteiger partial charge in [-0.25, -0.2) is 0 Å². The first-order chi connectivity index (χ1) is 7.38. The number of rotatable bonds is 2. The molecule has 2 fully saturated rings. The summed E-state index contributed by atoms with van der Waals surface area (Å²) in [6, 6.07) is 0. The van der Waals surface area contributed by atoms with Gasteiger partial charge in [0, 0.05) is 5.25 Å². The fourth-order valence-electron chi connectivity index (χ4n) is 2.52. The summed E-state index contributed by atoms with van der Waals surface area (Å²) in [6.07, 6.45) is 3.46. The summed E-state index contributed by atoms with van der Waals surface area (Å²) in [6.45, 7) is 12.3. The molecule has 0 aromatic rings. The molecule has 0 aromatic heterocycles. The molecule has 1 aliphatic carbocycles. The van der Waals surface area contributed by atoms with Crippen molar-refractivity contribution in [2.45, 2.75) is 44.0 Å². The van der Waals surface area contributed by atoms with Crippen molar-refractivity contribution >= 4 is 28.7 Å². The van der Waals surface area contributed by atoms with Crippen LogP contribution in [0.1, 0.15) is 33.1 Å². The third kappa shape index (κ3) is 2.20. The Morgan fingerprint density at radius 1 is 1.69 bits per heavy atom. The Bertz CT molecular complexity index is 379. The Labute approximate surface area is 108 Å². The molecule has 2 aliphatic rings. The van der Waals surface area contributed by atoms with E-state index in [0.717, 1.165) is 6.42 Å². The Kier molecular flexibility index (Phi) is 3.44. The van der Waals surface area contributed by atoms with Gasteiger partial charge in [0.15, 0.2) is 0 Å². The third-order valence-corrected chi connectivity index (χ3v) is 9.82. The molecule has 1 saturated heterocycles. The maximum absolute atomic E-state index is 6.16. The largest absolute Gasteiger partial charge is 0.331 e. The fourth-order valence-corrected chi connectivity index (χ4v) is 9.00. The molecular weight excluding hydrogens is 255 g/mol. The first-order valence-corrected chi connectivity index (χ1v) is 9.94. The highest BCUT2D eigenvalue weighted by molar-refractivity contribution is 8.70. The molecule has 0 spiro atoms. The van der Waals surface area contributed by atoms with Crippen molar-refractivity contribution in [2.24, 2.45) is 5.92 Å². The van der Waals surface area contributed by atoms with Gasteiger partial charge in [-0.15, -0.1) is 0 Å². The molecule has 2 rings (SSSR count). The highest BCUT2D eigenvalue weighted by atomic mass is 32.9. The zero-order chi connectivity index (χ0) is 12.0. The number of hydrogen-bond acceptors (Lipinski definition) is 3. The number of fused-ring (bicyclic) bond motifs is 1. The van der Waals surface area contributed by atoms with Crippen molar-refractivity contribution in [1.29, 1.82) is 0 Å². The van der Waals surface area contributed by atoms with Gasteiger partial charge < -0.3 is 4.52 Å². The van der Waals surface area contributed by atoms with Crippen LogP contribution in [0, 0.1) is 5.92 Å². The van der Waals surface area contributed by atoms with Gasteiger partial charge >= 0.3 is 0 Å². The number of allylic oxidation sites excluding steroid dienone is 1. The molecule has 1 saturated carbocycles. The Morgan fingerprint density at radius 3 is 2.94 bits per heavy atom. The fraction of sp³-hybridized carbons (Fsp3) is 0.667. The van der Waals surface area contributed by atoms with Gasteiger partial charge in [-0.3, -0.25) is 0 Å². The standard InChI is InChI=1S/C12H19OPS2/c1-5-14(15)13-12(4)7-6-10(9(2)3)8-11(12)16-14/h5,10-11H,1-2,6-8H2,3-4H3/t10-,11+,12+,14+/m0/s1. The molecular formula is C12H19OPS2. The first-order valence-electron chi connectivity index (χ1n) is 5.66. The van der Waals surface area contributed by atoms with Gasteiger partial charge in [-0.2, -0.15) is 0 Å². The Hall–Kier alpha value is 0.440. The van der Waals surface area contributed by atoms with E-state index < -0.39 is 5.47 Å². The van der Waals surface area contributed by atoms with E-state index in [2.05, 4.69) is 27.0 Å². The predicted octanol–water partition coefficient (Wildman–Crippen LogP) is 4.71. The molecule has 1 nitrogen and oxygen atoms in total. The van der Waals surface area contributed by atoms with Crippen molar-refractivity contribution in [3.05, 3.63) is 24.5 Å². The average molecular weight is 274 g/mol. The van der Waals surface area contributed by atoms with Crippen molar-refractivity contribution < 1.29 is 4.52 Å². The zero-order valence-electron chi connectivity index (χ0n) is 9.94. The minimum absolute atomic E-state index is 0.0136. The maximum atomic E-state index is 6.16. The number of hydrogen-bond donors (Lipinski definition) is 0. The minimum atomic E-state index is -1.79. The van der Waals surface area contributed by atoms with Crippen LogP contribution in [-0.4, -0.2) is 10.9 Å².